The van der Waals surface area contributed by atoms with Crippen LogP contribution >= 0.6 is 0 Å². The number of amides is 1. The van der Waals surface area contributed by atoms with Crippen LogP contribution in [0.15, 0.2) is 33.9 Å². The second-order valence-electron chi connectivity index (χ2n) is 5.89. The van der Waals surface area contributed by atoms with E-state index in [0.717, 1.165) is 5.56 Å². The van der Waals surface area contributed by atoms with Crippen molar-refractivity contribution in [1.29, 1.82) is 0 Å². The molecule has 0 radical (unpaired) electrons. The maximum Gasteiger partial charge on any atom is 0.325 e. The number of rotatable bonds is 5. The summed E-state index contributed by atoms with van der Waals surface area (Å²) in [5, 5.41) is 9.66. The molecule has 0 aliphatic heterocycles. The Morgan fingerprint density at radius 3 is 2.69 bits per heavy atom. The van der Waals surface area contributed by atoms with E-state index in [9.17, 15) is 14.4 Å². The first kappa shape index (κ1) is 17.3. The monoisotopic (exact) mass is 354 g/mol. The number of carbonyl (C=O) groups excluding carboxylic acids is 1. The van der Waals surface area contributed by atoms with Crippen molar-refractivity contribution >= 4 is 11.6 Å². The van der Waals surface area contributed by atoms with Crippen LogP contribution < -0.4 is 16.6 Å². The van der Waals surface area contributed by atoms with Crippen molar-refractivity contribution in [1.82, 2.24) is 25.1 Å². The molecular formula is C17H18N6O3. The van der Waals surface area contributed by atoms with Gasteiger partial charge in [0.1, 0.15) is 5.82 Å². The van der Waals surface area contributed by atoms with E-state index in [-0.39, 0.29) is 18.7 Å². The molecule has 1 amide bonds. The standard InChI is InChI=1S/C17H18N6O3/c1-9-13(16(25)21-17(26)18-9)6-7-14(24)20-12-5-3-4-11(8-12)15-19-10(2)22-23-15/h3-5,8H,6-7H2,1-2H3,(H,20,24)(H,19,22,23)(H2,18,21,25,26). The number of nitrogens with one attached hydrogen (secondary N) is 4. The van der Waals surface area contributed by atoms with Crippen molar-refractivity contribution in [3.8, 4) is 11.4 Å². The highest BCUT2D eigenvalue weighted by molar-refractivity contribution is 5.91. The number of anilines is 1. The van der Waals surface area contributed by atoms with Gasteiger partial charge < -0.3 is 10.3 Å². The Morgan fingerprint density at radius 2 is 2.00 bits per heavy atom. The Balaban J connectivity index is 1.67. The molecule has 2 heterocycles. The lowest BCUT2D eigenvalue weighted by atomic mass is 10.1. The van der Waals surface area contributed by atoms with Crippen molar-refractivity contribution in [3.05, 3.63) is 62.2 Å². The van der Waals surface area contributed by atoms with Crippen LogP contribution in [0.1, 0.15) is 23.5 Å². The minimum atomic E-state index is -0.556. The summed E-state index contributed by atoms with van der Waals surface area (Å²) in [4.78, 5) is 44.1. The van der Waals surface area contributed by atoms with E-state index in [1.54, 1.807) is 25.1 Å². The molecule has 0 fully saturated rings. The number of carbonyl (C=O) groups is 1. The van der Waals surface area contributed by atoms with Gasteiger partial charge in [0.2, 0.25) is 5.91 Å². The Bertz CT molecular complexity index is 1060. The van der Waals surface area contributed by atoms with Gasteiger partial charge in [0.25, 0.3) is 5.56 Å². The molecule has 0 saturated carbocycles. The van der Waals surface area contributed by atoms with Gasteiger partial charge in [-0.15, -0.1) is 0 Å². The molecule has 3 rings (SSSR count). The quantitative estimate of drug-likeness (QED) is 0.542. The van der Waals surface area contributed by atoms with Crippen LogP contribution in [-0.4, -0.2) is 31.1 Å². The van der Waals surface area contributed by atoms with Crippen molar-refractivity contribution in [2.75, 3.05) is 5.32 Å². The molecule has 134 valence electrons. The number of aromatic amines is 3. The van der Waals surface area contributed by atoms with Crippen LogP contribution in [0, 0.1) is 13.8 Å². The molecule has 0 aliphatic rings. The van der Waals surface area contributed by atoms with E-state index in [2.05, 4.69) is 30.5 Å². The molecule has 26 heavy (non-hydrogen) atoms. The number of benzene rings is 1. The summed E-state index contributed by atoms with van der Waals surface area (Å²) in [6, 6.07) is 7.19. The van der Waals surface area contributed by atoms with Gasteiger partial charge in [-0.2, -0.15) is 5.10 Å². The van der Waals surface area contributed by atoms with Crippen LogP contribution in [0.25, 0.3) is 11.4 Å². The third-order valence-electron chi connectivity index (χ3n) is 3.86. The molecule has 4 N–H and O–H groups in total. The summed E-state index contributed by atoms with van der Waals surface area (Å²) < 4.78 is 0. The highest BCUT2D eigenvalue weighted by atomic mass is 16.2. The minimum absolute atomic E-state index is 0.111. The summed E-state index contributed by atoms with van der Waals surface area (Å²) in [5.74, 6) is 1.02. The molecule has 0 atom stereocenters. The number of aromatic nitrogens is 5. The molecule has 1 aromatic carbocycles. The zero-order chi connectivity index (χ0) is 18.7. The van der Waals surface area contributed by atoms with Gasteiger partial charge in [0.15, 0.2) is 5.82 Å². The average Bonchev–Trinajstić information content (AvgIpc) is 3.00. The summed E-state index contributed by atoms with van der Waals surface area (Å²) in [6.07, 6.45) is 0.337. The molecular weight excluding hydrogens is 336 g/mol. The van der Waals surface area contributed by atoms with Crippen molar-refractivity contribution in [3.63, 3.8) is 0 Å². The summed E-state index contributed by atoms with van der Waals surface area (Å²) in [5.41, 5.74) is 1.22. The minimum Gasteiger partial charge on any atom is -0.326 e. The Labute approximate surface area is 147 Å². The summed E-state index contributed by atoms with van der Waals surface area (Å²) in [7, 11) is 0. The number of hydrogen-bond donors (Lipinski definition) is 4. The van der Waals surface area contributed by atoms with Crippen LogP contribution in [-0.2, 0) is 11.2 Å². The fourth-order valence-electron chi connectivity index (χ4n) is 2.60. The van der Waals surface area contributed by atoms with E-state index < -0.39 is 11.2 Å². The molecule has 2 aromatic heterocycles. The third-order valence-corrected chi connectivity index (χ3v) is 3.86. The zero-order valence-electron chi connectivity index (χ0n) is 14.3. The first-order valence-electron chi connectivity index (χ1n) is 8.04. The molecule has 0 unspecified atom stereocenters. The maximum atomic E-state index is 12.2. The fourth-order valence-corrected chi connectivity index (χ4v) is 2.60. The number of H-pyrrole nitrogens is 3. The summed E-state index contributed by atoms with van der Waals surface area (Å²) >= 11 is 0. The Morgan fingerprint density at radius 1 is 1.19 bits per heavy atom. The van der Waals surface area contributed by atoms with Gasteiger partial charge in [-0.05, 0) is 32.4 Å². The SMILES string of the molecule is Cc1nc(-c2cccc(NC(=O)CCc3c(C)[nH]c(=O)[nH]c3=O)c2)n[nH]1. The topological polar surface area (TPSA) is 136 Å². The van der Waals surface area contributed by atoms with Crippen molar-refractivity contribution < 1.29 is 4.79 Å². The fraction of sp³-hybridized carbons (Fsp3) is 0.235. The van der Waals surface area contributed by atoms with Gasteiger partial charge in [-0.3, -0.25) is 19.7 Å². The largest absolute Gasteiger partial charge is 0.326 e. The van der Waals surface area contributed by atoms with E-state index in [1.165, 1.54) is 0 Å². The number of hydrogen-bond acceptors (Lipinski definition) is 5. The molecule has 9 heteroatoms. The van der Waals surface area contributed by atoms with Crippen LogP contribution in [0.5, 0.6) is 0 Å². The van der Waals surface area contributed by atoms with Gasteiger partial charge in [0, 0.05) is 28.9 Å². The van der Waals surface area contributed by atoms with Crippen LogP contribution in [0.2, 0.25) is 0 Å². The van der Waals surface area contributed by atoms with E-state index in [1.807, 2.05) is 13.0 Å². The van der Waals surface area contributed by atoms with Crippen molar-refractivity contribution in [2.24, 2.45) is 0 Å². The maximum absolute atomic E-state index is 12.2. The number of nitrogens with zero attached hydrogens (tertiary/aromatic N) is 2. The third kappa shape index (κ3) is 3.94. The Hall–Kier alpha value is -3.49. The second kappa shape index (κ2) is 7.18. The summed E-state index contributed by atoms with van der Waals surface area (Å²) in [6.45, 7) is 3.44. The van der Waals surface area contributed by atoms with Gasteiger partial charge in [-0.25, -0.2) is 9.78 Å². The molecule has 0 spiro atoms. The van der Waals surface area contributed by atoms with Crippen LogP contribution in [0.3, 0.4) is 0 Å². The normalized spacial score (nSPS) is 10.7. The lowest BCUT2D eigenvalue weighted by Gasteiger charge is -2.07. The lowest BCUT2D eigenvalue weighted by molar-refractivity contribution is -0.116. The molecule has 0 bridgehead atoms. The zero-order valence-corrected chi connectivity index (χ0v) is 14.3. The van der Waals surface area contributed by atoms with E-state index in [0.29, 0.717) is 28.6 Å². The van der Waals surface area contributed by atoms with E-state index >= 15 is 0 Å². The molecule has 9 nitrogen and oxygen atoms in total. The number of aryl methyl sites for hydroxylation is 2. The first-order valence-corrected chi connectivity index (χ1v) is 8.04. The smallest absolute Gasteiger partial charge is 0.325 e. The predicted molar refractivity (Wildman–Crippen MR) is 95.9 cm³/mol. The Kier molecular flexibility index (Phi) is 4.78. The average molecular weight is 354 g/mol. The van der Waals surface area contributed by atoms with Gasteiger partial charge in [-0.1, -0.05) is 12.1 Å². The highest BCUT2D eigenvalue weighted by Crippen LogP contribution is 2.19. The first-order chi connectivity index (χ1) is 12.4. The van der Waals surface area contributed by atoms with Crippen LogP contribution in [0.4, 0.5) is 5.69 Å². The van der Waals surface area contributed by atoms with E-state index in [4.69, 9.17) is 0 Å². The molecule has 0 aliphatic carbocycles. The van der Waals surface area contributed by atoms with Gasteiger partial charge >= 0.3 is 5.69 Å². The predicted octanol–water partition coefficient (Wildman–Crippen LogP) is 1.04. The lowest BCUT2D eigenvalue weighted by Crippen LogP contribution is -2.27. The second-order valence-corrected chi connectivity index (χ2v) is 5.89. The van der Waals surface area contributed by atoms with Gasteiger partial charge in [0.05, 0.1) is 0 Å². The van der Waals surface area contributed by atoms with Crippen molar-refractivity contribution in [2.45, 2.75) is 26.7 Å². The highest BCUT2D eigenvalue weighted by Gasteiger charge is 2.10. The molecule has 3 aromatic rings. The molecule has 0 saturated heterocycles.